The summed E-state index contributed by atoms with van der Waals surface area (Å²) in [6.07, 6.45) is 1.27. The molecular weight excluding hydrogens is 386 g/mol. The van der Waals surface area contributed by atoms with Crippen molar-refractivity contribution in [3.05, 3.63) is 30.3 Å². The molecule has 1 N–H and O–H groups in total. The molecule has 0 aromatic heterocycles. The number of benzene rings is 1. The van der Waals surface area contributed by atoms with Gasteiger partial charge in [0, 0.05) is 43.7 Å². The van der Waals surface area contributed by atoms with Crippen molar-refractivity contribution in [2.75, 3.05) is 31.6 Å². The van der Waals surface area contributed by atoms with Gasteiger partial charge in [-0.15, -0.1) is 0 Å². The zero-order valence-electron chi connectivity index (χ0n) is 17.5. The fourth-order valence-corrected chi connectivity index (χ4v) is 3.89. The van der Waals surface area contributed by atoms with Crippen LogP contribution >= 0.6 is 0 Å². The molecule has 1 atom stereocenters. The summed E-state index contributed by atoms with van der Waals surface area (Å²) in [5.74, 6) is -1.54. The van der Waals surface area contributed by atoms with Gasteiger partial charge in [0.25, 0.3) is 5.91 Å². The molecule has 1 aromatic rings. The Morgan fingerprint density at radius 3 is 2.37 bits per heavy atom. The molecule has 162 valence electrons. The lowest BCUT2D eigenvalue weighted by atomic mass is 9.95. The summed E-state index contributed by atoms with van der Waals surface area (Å²) in [5.41, 5.74) is 0.759. The van der Waals surface area contributed by atoms with Gasteiger partial charge in [-0.2, -0.15) is 0 Å². The Hall–Kier alpha value is -2.90. The first-order valence-corrected chi connectivity index (χ1v) is 10.4. The van der Waals surface area contributed by atoms with E-state index in [0.717, 1.165) is 5.69 Å². The van der Waals surface area contributed by atoms with Crippen LogP contribution in [0.2, 0.25) is 0 Å². The van der Waals surface area contributed by atoms with Gasteiger partial charge >= 0.3 is 5.97 Å². The molecule has 0 spiro atoms. The number of rotatable bonds is 6. The predicted molar refractivity (Wildman–Crippen MR) is 110 cm³/mol. The molecule has 3 rings (SSSR count). The first-order valence-electron chi connectivity index (χ1n) is 10.4. The highest BCUT2D eigenvalue weighted by Crippen LogP contribution is 2.22. The van der Waals surface area contributed by atoms with Crippen LogP contribution in [0.15, 0.2) is 30.3 Å². The van der Waals surface area contributed by atoms with Crippen molar-refractivity contribution in [3.63, 3.8) is 0 Å². The molecule has 1 aromatic carbocycles. The number of piperidine rings is 1. The number of hydrogen-bond donors (Lipinski definition) is 1. The maximum absolute atomic E-state index is 12.4. The quantitative estimate of drug-likeness (QED) is 0.713. The molecule has 2 saturated heterocycles. The number of amides is 3. The highest BCUT2D eigenvalue weighted by Gasteiger charge is 2.37. The minimum atomic E-state index is -0.514. The predicted octanol–water partition coefficient (Wildman–Crippen LogP) is 1.66. The number of likely N-dealkylation sites (tertiary alicyclic amines) is 2. The molecule has 2 aliphatic heterocycles. The third-order valence-electron chi connectivity index (χ3n) is 5.71. The summed E-state index contributed by atoms with van der Waals surface area (Å²) in [6, 6.07) is 9.32. The van der Waals surface area contributed by atoms with Gasteiger partial charge in [0.2, 0.25) is 11.8 Å². The molecular formula is C22H29N3O5. The maximum Gasteiger partial charge on any atom is 0.311 e. The lowest BCUT2D eigenvalue weighted by Gasteiger charge is -2.31. The molecule has 8 heteroatoms. The lowest BCUT2D eigenvalue weighted by Crippen LogP contribution is -2.43. The number of hydrogen-bond acceptors (Lipinski definition) is 5. The van der Waals surface area contributed by atoms with Gasteiger partial charge in [-0.3, -0.25) is 19.2 Å². The first-order chi connectivity index (χ1) is 14.3. The average molecular weight is 415 g/mol. The summed E-state index contributed by atoms with van der Waals surface area (Å²) in [7, 11) is 0. The molecule has 0 aliphatic carbocycles. The second-order valence-electron chi connectivity index (χ2n) is 8.16. The van der Waals surface area contributed by atoms with Gasteiger partial charge in [-0.05, 0) is 38.8 Å². The zero-order valence-corrected chi connectivity index (χ0v) is 17.5. The number of ether oxygens (including phenoxy) is 1. The van der Waals surface area contributed by atoms with Gasteiger partial charge < -0.3 is 19.9 Å². The Morgan fingerprint density at radius 1 is 1.10 bits per heavy atom. The SMILES string of the molecule is CC(C)N1CC(C(=O)OCC(=O)N2CCC(C(=O)Nc3ccccc3)CC2)CC1=O. The van der Waals surface area contributed by atoms with Gasteiger partial charge in [-0.25, -0.2) is 0 Å². The van der Waals surface area contributed by atoms with Gasteiger partial charge in [0.05, 0.1) is 5.92 Å². The molecule has 2 aliphatic rings. The molecule has 3 amide bonds. The molecule has 2 fully saturated rings. The van der Waals surface area contributed by atoms with Crippen molar-refractivity contribution in [1.29, 1.82) is 0 Å². The van der Waals surface area contributed by atoms with Crippen molar-refractivity contribution in [2.45, 2.75) is 39.2 Å². The van der Waals surface area contributed by atoms with Gasteiger partial charge in [0.1, 0.15) is 0 Å². The maximum atomic E-state index is 12.4. The normalized spacial score (nSPS) is 19.8. The highest BCUT2D eigenvalue weighted by atomic mass is 16.5. The third-order valence-corrected chi connectivity index (χ3v) is 5.71. The molecule has 30 heavy (non-hydrogen) atoms. The van der Waals surface area contributed by atoms with Crippen LogP contribution in [0.25, 0.3) is 0 Å². The molecule has 1 unspecified atom stereocenters. The average Bonchev–Trinajstić information content (AvgIpc) is 3.14. The summed E-state index contributed by atoms with van der Waals surface area (Å²) < 4.78 is 5.18. The van der Waals surface area contributed by atoms with E-state index in [4.69, 9.17) is 4.74 Å². The molecule has 2 heterocycles. The smallest absolute Gasteiger partial charge is 0.311 e. The highest BCUT2D eigenvalue weighted by molar-refractivity contribution is 5.93. The summed E-state index contributed by atoms with van der Waals surface area (Å²) >= 11 is 0. The Balaban J connectivity index is 1.39. The minimum absolute atomic E-state index is 0.0392. The van der Waals surface area contributed by atoms with Crippen molar-refractivity contribution >= 4 is 29.4 Å². The van der Waals surface area contributed by atoms with Crippen molar-refractivity contribution < 1.29 is 23.9 Å². The van der Waals surface area contributed by atoms with E-state index in [1.54, 1.807) is 9.80 Å². The third kappa shape index (κ3) is 5.37. The Morgan fingerprint density at radius 2 is 1.77 bits per heavy atom. The van der Waals surface area contributed by atoms with Crippen molar-refractivity contribution in [3.8, 4) is 0 Å². The van der Waals surface area contributed by atoms with Crippen LogP contribution in [0.1, 0.15) is 33.1 Å². The van der Waals surface area contributed by atoms with Crippen LogP contribution < -0.4 is 5.32 Å². The number of carbonyl (C=O) groups is 4. The fraction of sp³-hybridized carbons (Fsp3) is 0.545. The lowest BCUT2D eigenvalue weighted by molar-refractivity contribution is -0.155. The fourth-order valence-electron chi connectivity index (χ4n) is 3.89. The van der Waals surface area contributed by atoms with E-state index >= 15 is 0 Å². The number of esters is 1. The minimum Gasteiger partial charge on any atom is -0.455 e. The van der Waals surface area contributed by atoms with Crippen LogP contribution in [-0.4, -0.2) is 65.8 Å². The van der Waals surface area contributed by atoms with E-state index in [-0.39, 0.29) is 42.7 Å². The Kier molecular flexibility index (Phi) is 7.07. The number of para-hydroxylation sites is 1. The molecule has 0 bridgehead atoms. The molecule has 0 saturated carbocycles. The van der Waals surface area contributed by atoms with E-state index < -0.39 is 11.9 Å². The summed E-state index contributed by atoms with van der Waals surface area (Å²) in [5, 5.41) is 2.90. The number of nitrogens with zero attached hydrogens (tertiary/aromatic N) is 2. The number of nitrogens with one attached hydrogen (secondary N) is 1. The Bertz CT molecular complexity index is 787. The van der Waals surface area contributed by atoms with Gasteiger partial charge in [0.15, 0.2) is 6.61 Å². The van der Waals surface area contributed by atoms with Crippen LogP contribution in [0.3, 0.4) is 0 Å². The Labute approximate surface area is 176 Å². The second-order valence-corrected chi connectivity index (χ2v) is 8.16. The van der Waals surface area contributed by atoms with Crippen LogP contribution in [0, 0.1) is 11.8 Å². The number of anilines is 1. The second kappa shape index (κ2) is 9.73. The van der Waals surface area contributed by atoms with Crippen LogP contribution in [0.5, 0.6) is 0 Å². The van der Waals surface area contributed by atoms with E-state index in [0.29, 0.717) is 32.5 Å². The zero-order chi connectivity index (χ0) is 21.7. The largest absolute Gasteiger partial charge is 0.455 e. The van der Waals surface area contributed by atoms with Crippen LogP contribution in [0.4, 0.5) is 5.69 Å². The molecule has 0 radical (unpaired) electrons. The number of carbonyl (C=O) groups excluding carboxylic acids is 4. The monoisotopic (exact) mass is 415 g/mol. The van der Waals surface area contributed by atoms with Gasteiger partial charge in [-0.1, -0.05) is 18.2 Å². The van der Waals surface area contributed by atoms with E-state index in [9.17, 15) is 19.2 Å². The topological polar surface area (TPSA) is 96.0 Å². The summed E-state index contributed by atoms with van der Waals surface area (Å²) in [6.45, 7) is 4.72. The van der Waals surface area contributed by atoms with Crippen LogP contribution in [-0.2, 0) is 23.9 Å². The van der Waals surface area contributed by atoms with Crippen molar-refractivity contribution in [1.82, 2.24) is 9.80 Å². The summed E-state index contributed by atoms with van der Waals surface area (Å²) in [4.78, 5) is 52.2. The molecule has 8 nitrogen and oxygen atoms in total. The van der Waals surface area contributed by atoms with Crippen molar-refractivity contribution in [2.24, 2.45) is 11.8 Å². The van der Waals surface area contributed by atoms with E-state index in [1.807, 2.05) is 44.2 Å². The van der Waals surface area contributed by atoms with E-state index in [1.165, 1.54) is 0 Å². The standard InChI is InChI=1S/C22H29N3O5/c1-15(2)25-13-17(12-19(25)26)22(29)30-14-20(27)24-10-8-16(9-11-24)21(28)23-18-6-4-3-5-7-18/h3-7,15-17H,8-14H2,1-2H3,(H,23,28). The van der Waals surface area contributed by atoms with E-state index in [2.05, 4.69) is 5.32 Å². The first kappa shape index (κ1) is 21.8.